The van der Waals surface area contributed by atoms with Crippen molar-refractivity contribution in [3.05, 3.63) is 53.0 Å². The second kappa shape index (κ2) is 5.69. The molecule has 0 radical (unpaired) electrons. The summed E-state index contributed by atoms with van der Waals surface area (Å²) in [5.74, 6) is 0. The van der Waals surface area contributed by atoms with E-state index in [9.17, 15) is 0 Å². The Bertz CT molecular complexity index is 717. The maximum atomic E-state index is 6.15. The average molecular weight is 290 g/mol. The zero-order valence-corrected chi connectivity index (χ0v) is 12.0. The normalized spacial score (nSPS) is 11.3. The number of nitrogens with one attached hydrogen (secondary N) is 1. The Labute approximate surface area is 122 Å². The Balaban J connectivity index is 1.63. The van der Waals surface area contributed by atoms with Gasteiger partial charge in [-0.15, -0.1) is 0 Å². The molecule has 3 aromatic rings. The molecule has 0 atom stereocenters. The van der Waals surface area contributed by atoms with Crippen LogP contribution in [0.2, 0.25) is 5.22 Å². The van der Waals surface area contributed by atoms with Crippen LogP contribution in [0.25, 0.3) is 11.0 Å². The quantitative estimate of drug-likeness (QED) is 0.734. The summed E-state index contributed by atoms with van der Waals surface area (Å²) in [5.41, 5.74) is 3.06. The smallest absolute Gasteiger partial charge is 0.199 e. The first-order chi connectivity index (χ1) is 9.75. The fourth-order valence-electron chi connectivity index (χ4n) is 2.31. The third-order valence-electron chi connectivity index (χ3n) is 3.43. The first-order valence-corrected chi connectivity index (χ1v) is 6.97. The van der Waals surface area contributed by atoms with Gasteiger partial charge in [-0.25, -0.2) is 0 Å². The van der Waals surface area contributed by atoms with E-state index in [1.54, 1.807) is 0 Å². The van der Waals surface area contributed by atoms with Crippen molar-refractivity contribution in [1.29, 1.82) is 0 Å². The van der Waals surface area contributed by atoms with Gasteiger partial charge in [0, 0.05) is 49.4 Å². The molecule has 2 heterocycles. The standard InChI is InChI=1S/C15H16ClN3O/c1-19-11(7-9-18-19)6-8-17-10-13-12-4-2-3-5-14(12)20-15(13)16/h2-5,7,9,17H,6,8,10H2,1H3. The number of nitrogens with zero attached hydrogens (tertiary/aromatic N) is 2. The van der Waals surface area contributed by atoms with Gasteiger partial charge in [0.2, 0.25) is 0 Å². The molecule has 5 heteroatoms. The molecule has 0 spiro atoms. The molecule has 0 aliphatic heterocycles. The fourth-order valence-corrected chi connectivity index (χ4v) is 2.56. The van der Waals surface area contributed by atoms with Crippen LogP contribution < -0.4 is 5.32 Å². The minimum absolute atomic E-state index is 0.472. The highest BCUT2D eigenvalue weighted by molar-refractivity contribution is 6.30. The van der Waals surface area contributed by atoms with Crippen LogP contribution in [0.3, 0.4) is 0 Å². The van der Waals surface area contributed by atoms with Crippen LogP contribution in [0.4, 0.5) is 0 Å². The molecular formula is C15H16ClN3O. The summed E-state index contributed by atoms with van der Waals surface area (Å²) in [6, 6.07) is 9.93. The van der Waals surface area contributed by atoms with Gasteiger partial charge in [-0.1, -0.05) is 18.2 Å². The molecule has 1 aromatic carbocycles. The van der Waals surface area contributed by atoms with Gasteiger partial charge in [-0.05, 0) is 23.7 Å². The van der Waals surface area contributed by atoms with Crippen molar-refractivity contribution in [2.45, 2.75) is 13.0 Å². The predicted molar refractivity (Wildman–Crippen MR) is 79.8 cm³/mol. The summed E-state index contributed by atoms with van der Waals surface area (Å²) < 4.78 is 7.42. The number of para-hydroxylation sites is 1. The van der Waals surface area contributed by atoms with Crippen LogP contribution in [0.15, 0.2) is 40.9 Å². The molecule has 0 amide bonds. The van der Waals surface area contributed by atoms with Crippen molar-refractivity contribution >= 4 is 22.6 Å². The zero-order valence-electron chi connectivity index (χ0n) is 11.3. The highest BCUT2D eigenvalue weighted by atomic mass is 35.5. The maximum absolute atomic E-state index is 6.15. The van der Waals surface area contributed by atoms with Crippen molar-refractivity contribution in [2.24, 2.45) is 7.05 Å². The lowest BCUT2D eigenvalue weighted by molar-refractivity contribution is 0.601. The third-order valence-corrected chi connectivity index (χ3v) is 3.74. The molecule has 0 unspecified atom stereocenters. The van der Waals surface area contributed by atoms with Gasteiger partial charge < -0.3 is 9.73 Å². The Morgan fingerprint density at radius 2 is 2.15 bits per heavy atom. The van der Waals surface area contributed by atoms with Crippen molar-refractivity contribution in [2.75, 3.05) is 6.54 Å². The summed E-state index contributed by atoms with van der Waals surface area (Å²) in [6.45, 7) is 1.57. The van der Waals surface area contributed by atoms with Crippen molar-refractivity contribution in [3.63, 3.8) is 0 Å². The Morgan fingerprint density at radius 3 is 2.95 bits per heavy atom. The molecule has 20 heavy (non-hydrogen) atoms. The molecule has 2 aromatic heterocycles. The molecule has 0 fully saturated rings. The van der Waals surface area contributed by atoms with E-state index < -0.39 is 0 Å². The molecule has 0 bridgehead atoms. The second-order valence-corrected chi connectivity index (χ2v) is 5.07. The van der Waals surface area contributed by atoms with Crippen LogP contribution in [0.5, 0.6) is 0 Å². The lowest BCUT2D eigenvalue weighted by Gasteiger charge is -2.04. The largest absolute Gasteiger partial charge is 0.444 e. The van der Waals surface area contributed by atoms with E-state index in [4.69, 9.17) is 16.0 Å². The third kappa shape index (κ3) is 2.57. The summed E-state index contributed by atoms with van der Waals surface area (Å²) in [7, 11) is 1.95. The summed E-state index contributed by atoms with van der Waals surface area (Å²) in [4.78, 5) is 0. The number of rotatable bonds is 5. The minimum atomic E-state index is 0.472. The fraction of sp³-hybridized carbons (Fsp3) is 0.267. The number of furan rings is 1. The molecule has 0 aliphatic carbocycles. The van der Waals surface area contributed by atoms with E-state index in [1.165, 1.54) is 5.69 Å². The van der Waals surface area contributed by atoms with E-state index in [2.05, 4.69) is 10.4 Å². The van der Waals surface area contributed by atoms with E-state index in [0.29, 0.717) is 11.8 Å². The van der Waals surface area contributed by atoms with Gasteiger partial charge in [0.1, 0.15) is 5.58 Å². The van der Waals surface area contributed by atoms with Crippen LogP contribution in [-0.4, -0.2) is 16.3 Å². The van der Waals surface area contributed by atoms with E-state index in [1.807, 2.05) is 48.3 Å². The van der Waals surface area contributed by atoms with E-state index >= 15 is 0 Å². The Kier molecular flexibility index (Phi) is 3.76. The maximum Gasteiger partial charge on any atom is 0.199 e. The van der Waals surface area contributed by atoms with E-state index in [-0.39, 0.29) is 0 Å². The van der Waals surface area contributed by atoms with Crippen LogP contribution in [0.1, 0.15) is 11.3 Å². The highest BCUT2D eigenvalue weighted by Crippen LogP contribution is 2.29. The van der Waals surface area contributed by atoms with Crippen LogP contribution in [0, 0.1) is 0 Å². The summed E-state index contributed by atoms with van der Waals surface area (Å²) in [5, 5.41) is 9.10. The van der Waals surface area contributed by atoms with Crippen molar-refractivity contribution in [1.82, 2.24) is 15.1 Å². The Hall–Kier alpha value is -1.78. The van der Waals surface area contributed by atoms with Crippen LogP contribution in [-0.2, 0) is 20.0 Å². The summed E-state index contributed by atoms with van der Waals surface area (Å²) >= 11 is 6.15. The highest BCUT2D eigenvalue weighted by Gasteiger charge is 2.11. The number of fused-ring (bicyclic) bond motifs is 1. The van der Waals surface area contributed by atoms with Gasteiger partial charge >= 0.3 is 0 Å². The van der Waals surface area contributed by atoms with Gasteiger partial charge in [-0.3, -0.25) is 4.68 Å². The van der Waals surface area contributed by atoms with E-state index in [0.717, 1.165) is 29.5 Å². The SMILES string of the molecule is Cn1nccc1CCNCc1c(Cl)oc2ccccc12. The summed E-state index contributed by atoms with van der Waals surface area (Å²) in [6.07, 6.45) is 2.75. The second-order valence-electron chi connectivity index (χ2n) is 4.72. The van der Waals surface area contributed by atoms with Crippen molar-refractivity contribution < 1.29 is 4.42 Å². The van der Waals surface area contributed by atoms with Gasteiger partial charge in [0.05, 0.1) is 0 Å². The lowest BCUT2D eigenvalue weighted by atomic mass is 10.2. The minimum Gasteiger partial charge on any atom is -0.444 e. The molecule has 104 valence electrons. The molecule has 0 saturated carbocycles. The first-order valence-electron chi connectivity index (χ1n) is 6.59. The molecule has 1 N–H and O–H groups in total. The van der Waals surface area contributed by atoms with Gasteiger partial charge in [-0.2, -0.15) is 5.10 Å². The molecule has 4 nitrogen and oxygen atoms in total. The number of benzene rings is 1. The number of aromatic nitrogens is 2. The predicted octanol–water partition coefficient (Wildman–Crippen LogP) is 3.15. The lowest BCUT2D eigenvalue weighted by Crippen LogP contribution is -2.17. The molecule has 3 rings (SSSR count). The first kappa shape index (κ1) is 13.2. The topological polar surface area (TPSA) is 43.0 Å². The number of aryl methyl sites for hydroxylation is 1. The number of hydrogen-bond acceptors (Lipinski definition) is 3. The molecule has 0 aliphatic rings. The number of hydrogen-bond donors (Lipinski definition) is 1. The number of halogens is 1. The van der Waals surface area contributed by atoms with Gasteiger partial charge in [0.15, 0.2) is 5.22 Å². The molecule has 0 saturated heterocycles. The van der Waals surface area contributed by atoms with Crippen LogP contribution >= 0.6 is 11.6 Å². The van der Waals surface area contributed by atoms with Gasteiger partial charge in [0.25, 0.3) is 0 Å². The monoisotopic (exact) mass is 289 g/mol. The zero-order chi connectivity index (χ0) is 13.9. The Morgan fingerprint density at radius 1 is 1.30 bits per heavy atom. The van der Waals surface area contributed by atoms with Crippen molar-refractivity contribution in [3.8, 4) is 0 Å². The average Bonchev–Trinajstić information content (AvgIpc) is 2.98. The molecular weight excluding hydrogens is 274 g/mol.